The van der Waals surface area contributed by atoms with Crippen LogP contribution in [0.25, 0.3) is 0 Å². The molecule has 1 aliphatic heterocycles. The summed E-state index contributed by atoms with van der Waals surface area (Å²) in [6.07, 6.45) is 2.72. The van der Waals surface area contributed by atoms with Crippen molar-refractivity contribution in [2.24, 2.45) is 11.7 Å². The summed E-state index contributed by atoms with van der Waals surface area (Å²) in [5.74, 6) is 0.405. The molecule has 21 heavy (non-hydrogen) atoms. The minimum atomic E-state index is -3.44. The molecule has 0 bridgehead atoms. The molecule has 2 rings (SSSR count). The number of nitrogens with two attached hydrogens (primary N) is 1. The number of hydrogen-bond donors (Lipinski definition) is 2. The minimum Gasteiger partial charge on any atom is -0.349 e. The lowest BCUT2D eigenvalue weighted by Gasteiger charge is -2.13. The summed E-state index contributed by atoms with van der Waals surface area (Å²) in [5.41, 5.74) is 6.49. The molecule has 0 aromatic carbocycles. The molecule has 120 valence electrons. The highest BCUT2D eigenvalue weighted by Crippen LogP contribution is 2.17. The Bertz CT molecular complexity index is 546. The van der Waals surface area contributed by atoms with Crippen LogP contribution in [0.2, 0.25) is 0 Å². The quantitative estimate of drug-likeness (QED) is 0.772. The molecule has 1 fully saturated rings. The Balaban J connectivity index is 2.00. The van der Waals surface area contributed by atoms with Gasteiger partial charge in [-0.1, -0.05) is 6.92 Å². The first-order valence-electron chi connectivity index (χ1n) is 7.61. The summed E-state index contributed by atoms with van der Waals surface area (Å²) in [6.45, 7) is 8.74. The van der Waals surface area contributed by atoms with Crippen LogP contribution >= 0.6 is 0 Å². The summed E-state index contributed by atoms with van der Waals surface area (Å²) in [6, 6.07) is 1.67. The highest BCUT2D eigenvalue weighted by atomic mass is 32.2. The van der Waals surface area contributed by atoms with E-state index < -0.39 is 10.0 Å². The van der Waals surface area contributed by atoms with Crippen molar-refractivity contribution in [3.05, 3.63) is 18.0 Å². The van der Waals surface area contributed by atoms with Crippen LogP contribution in [0.15, 0.2) is 17.2 Å². The fraction of sp³-hybridized carbons (Fsp3) is 0.714. The van der Waals surface area contributed by atoms with Gasteiger partial charge in [-0.05, 0) is 38.4 Å². The van der Waals surface area contributed by atoms with Gasteiger partial charge in [0, 0.05) is 38.1 Å². The van der Waals surface area contributed by atoms with Crippen LogP contribution in [0.3, 0.4) is 0 Å². The van der Waals surface area contributed by atoms with Gasteiger partial charge in [0.05, 0.1) is 4.90 Å². The van der Waals surface area contributed by atoms with E-state index in [1.165, 1.54) is 0 Å². The van der Waals surface area contributed by atoms with Crippen LogP contribution in [0.1, 0.15) is 26.0 Å². The summed E-state index contributed by atoms with van der Waals surface area (Å²) in [7, 11) is -3.44. The molecule has 0 amide bonds. The minimum absolute atomic E-state index is 0.315. The summed E-state index contributed by atoms with van der Waals surface area (Å²) in [4.78, 5) is 2.66. The third-order valence-electron chi connectivity index (χ3n) is 4.20. The van der Waals surface area contributed by atoms with Crippen molar-refractivity contribution in [2.45, 2.75) is 38.3 Å². The van der Waals surface area contributed by atoms with E-state index in [9.17, 15) is 8.42 Å². The van der Waals surface area contributed by atoms with Crippen LogP contribution < -0.4 is 10.5 Å². The number of hydrogen-bond acceptors (Lipinski definition) is 4. The van der Waals surface area contributed by atoms with E-state index in [2.05, 4.69) is 16.5 Å². The van der Waals surface area contributed by atoms with E-state index in [1.807, 2.05) is 11.5 Å². The lowest BCUT2D eigenvalue weighted by Crippen LogP contribution is -2.31. The normalized spacial score (nSPS) is 20.2. The van der Waals surface area contributed by atoms with Crippen LogP contribution in [0.5, 0.6) is 0 Å². The average molecular weight is 314 g/mol. The molecular formula is C14H26N4O2S. The van der Waals surface area contributed by atoms with Gasteiger partial charge in [-0.2, -0.15) is 0 Å². The van der Waals surface area contributed by atoms with Crippen molar-refractivity contribution >= 4 is 10.0 Å². The van der Waals surface area contributed by atoms with Crippen molar-refractivity contribution in [3.63, 3.8) is 0 Å². The molecule has 7 heteroatoms. The summed E-state index contributed by atoms with van der Waals surface area (Å²) < 4.78 is 29.3. The van der Waals surface area contributed by atoms with Crippen LogP contribution in [0, 0.1) is 5.92 Å². The first kappa shape index (κ1) is 16.5. The molecule has 0 spiro atoms. The van der Waals surface area contributed by atoms with Crippen molar-refractivity contribution < 1.29 is 8.42 Å². The first-order valence-corrected chi connectivity index (χ1v) is 9.09. The third kappa shape index (κ3) is 3.85. The Morgan fingerprint density at radius 3 is 2.67 bits per heavy atom. The highest BCUT2D eigenvalue weighted by molar-refractivity contribution is 7.89. The second-order valence-electron chi connectivity index (χ2n) is 5.56. The standard InChI is InChI=1S/C14H26N4O2S/c1-3-17-6-5-12(10-17)9-16-21(19,20)14-7-13(8-15)18(4-2)11-14/h7,11-12,16H,3-6,8-10,15H2,1-2H3. The van der Waals surface area contributed by atoms with Crippen LogP contribution in [-0.4, -0.2) is 44.1 Å². The van der Waals surface area contributed by atoms with E-state index in [0.29, 0.717) is 23.9 Å². The van der Waals surface area contributed by atoms with Gasteiger partial charge in [-0.3, -0.25) is 0 Å². The molecular weight excluding hydrogens is 288 g/mol. The predicted molar refractivity (Wildman–Crippen MR) is 83.4 cm³/mol. The fourth-order valence-corrected chi connectivity index (χ4v) is 3.99. The second-order valence-corrected chi connectivity index (χ2v) is 7.32. The van der Waals surface area contributed by atoms with Gasteiger partial charge < -0.3 is 15.2 Å². The van der Waals surface area contributed by atoms with Crippen LogP contribution in [0.4, 0.5) is 0 Å². The van der Waals surface area contributed by atoms with E-state index >= 15 is 0 Å². The molecule has 2 heterocycles. The van der Waals surface area contributed by atoms with E-state index in [0.717, 1.165) is 38.3 Å². The molecule has 1 aliphatic rings. The van der Waals surface area contributed by atoms with E-state index in [4.69, 9.17) is 5.73 Å². The number of aromatic nitrogens is 1. The maximum absolute atomic E-state index is 12.4. The lowest BCUT2D eigenvalue weighted by atomic mass is 10.1. The zero-order valence-corrected chi connectivity index (χ0v) is 13.7. The fourth-order valence-electron chi connectivity index (χ4n) is 2.82. The van der Waals surface area contributed by atoms with Crippen molar-refractivity contribution in [1.29, 1.82) is 0 Å². The molecule has 0 aliphatic carbocycles. The average Bonchev–Trinajstić information content (AvgIpc) is 3.11. The van der Waals surface area contributed by atoms with Gasteiger partial charge in [0.1, 0.15) is 0 Å². The van der Waals surface area contributed by atoms with Gasteiger partial charge >= 0.3 is 0 Å². The molecule has 1 aromatic rings. The van der Waals surface area contributed by atoms with Gasteiger partial charge in [-0.25, -0.2) is 13.1 Å². The number of aryl methyl sites for hydroxylation is 1. The van der Waals surface area contributed by atoms with E-state index in [-0.39, 0.29) is 0 Å². The smallest absolute Gasteiger partial charge is 0.242 e. The summed E-state index contributed by atoms with van der Waals surface area (Å²) in [5, 5.41) is 0. The Morgan fingerprint density at radius 2 is 2.14 bits per heavy atom. The molecule has 1 unspecified atom stereocenters. The molecule has 1 saturated heterocycles. The molecule has 0 saturated carbocycles. The number of nitrogens with zero attached hydrogens (tertiary/aromatic N) is 2. The molecule has 3 N–H and O–H groups in total. The first-order chi connectivity index (χ1) is 10.00. The van der Waals surface area contributed by atoms with Gasteiger partial charge in [0.2, 0.25) is 10.0 Å². The zero-order valence-electron chi connectivity index (χ0n) is 12.9. The van der Waals surface area contributed by atoms with Crippen molar-refractivity contribution in [2.75, 3.05) is 26.2 Å². The lowest BCUT2D eigenvalue weighted by molar-refractivity contribution is 0.342. The Morgan fingerprint density at radius 1 is 1.38 bits per heavy atom. The van der Waals surface area contributed by atoms with Gasteiger partial charge in [0.25, 0.3) is 0 Å². The van der Waals surface area contributed by atoms with Gasteiger partial charge in [-0.15, -0.1) is 0 Å². The maximum Gasteiger partial charge on any atom is 0.242 e. The topological polar surface area (TPSA) is 80.4 Å². The summed E-state index contributed by atoms with van der Waals surface area (Å²) >= 11 is 0. The highest BCUT2D eigenvalue weighted by Gasteiger charge is 2.24. The van der Waals surface area contributed by atoms with Crippen molar-refractivity contribution in [1.82, 2.24) is 14.2 Å². The zero-order chi connectivity index (χ0) is 15.5. The van der Waals surface area contributed by atoms with Crippen molar-refractivity contribution in [3.8, 4) is 0 Å². The molecule has 6 nitrogen and oxygen atoms in total. The molecule has 1 aromatic heterocycles. The molecule has 1 atom stereocenters. The number of sulfonamides is 1. The Labute approximate surface area is 127 Å². The number of likely N-dealkylation sites (tertiary alicyclic amines) is 1. The maximum atomic E-state index is 12.4. The monoisotopic (exact) mass is 314 g/mol. The Kier molecular flexibility index (Phi) is 5.43. The third-order valence-corrected chi connectivity index (χ3v) is 5.59. The van der Waals surface area contributed by atoms with Crippen LogP contribution in [-0.2, 0) is 23.1 Å². The number of rotatable bonds is 7. The SMILES string of the molecule is CCN1CCC(CNS(=O)(=O)c2cc(CN)n(CC)c2)C1. The largest absolute Gasteiger partial charge is 0.349 e. The Hall–Kier alpha value is -0.890. The number of nitrogens with one attached hydrogen (secondary N) is 1. The van der Waals surface area contributed by atoms with Gasteiger partial charge in [0.15, 0.2) is 0 Å². The van der Waals surface area contributed by atoms with E-state index in [1.54, 1.807) is 12.3 Å². The predicted octanol–water partition coefficient (Wildman–Crippen LogP) is 0.587. The molecule has 0 radical (unpaired) electrons. The second kappa shape index (κ2) is 6.91.